The number of fused-ring (bicyclic) bond motifs is 1. The zero-order chi connectivity index (χ0) is 15.1. The molecule has 124 valence electrons. The van der Waals surface area contributed by atoms with Crippen molar-refractivity contribution in [3.63, 3.8) is 0 Å². The summed E-state index contributed by atoms with van der Waals surface area (Å²) in [6, 6.07) is 8.45. The molecule has 0 heterocycles. The molecule has 0 saturated heterocycles. The molecule has 1 unspecified atom stereocenters. The second-order valence-corrected chi connectivity index (χ2v) is 6.00. The predicted octanol–water partition coefficient (Wildman–Crippen LogP) is 1.96. The van der Waals surface area contributed by atoms with Gasteiger partial charge in [0.1, 0.15) is 0 Å². The Hall–Kier alpha value is -1.10. The number of carbonyl (C=O) groups excluding carboxylic acids is 1. The topological polar surface area (TPSA) is 50.4 Å². The summed E-state index contributed by atoms with van der Waals surface area (Å²) >= 11 is 0. The fraction of sp³-hybridized carbons (Fsp3) is 0.588. The first-order chi connectivity index (χ1) is 10.2. The Balaban J connectivity index is 0.00000242. The van der Waals surface area contributed by atoms with Crippen molar-refractivity contribution in [2.45, 2.75) is 26.2 Å². The van der Waals surface area contributed by atoms with E-state index in [1.54, 1.807) is 7.11 Å². The summed E-state index contributed by atoms with van der Waals surface area (Å²) in [7, 11) is 1.69. The van der Waals surface area contributed by atoms with Gasteiger partial charge in [0.05, 0.1) is 12.0 Å². The molecule has 2 N–H and O–H groups in total. The van der Waals surface area contributed by atoms with Gasteiger partial charge in [0, 0.05) is 26.7 Å². The van der Waals surface area contributed by atoms with Crippen molar-refractivity contribution in [1.29, 1.82) is 0 Å². The van der Waals surface area contributed by atoms with Crippen molar-refractivity contribution >= 4 is 18.3 Å². The highest BCUT2D eigenvalue weighted by atomic mass is 35.5. The predicted molar refractivity (Wildman–Crippen MR) is 91.6 cm³/mol. The summed E-state index contributed by atoms with van der Waals surface area (Å²) in [4.78, 5) is 12.5. The number of benzene rings is 1. The van der Waals surface area contributed by atoms with Crippen LogP contribution in [0.1, 0.15) is 24.5 Å². The van der Waals surface area contributed by atoms with E-state index in [9.17, 15) is 4.79 Å². The van der Waals surface area contributed by atoms with Crippen LogP contribution < -0.4 is 10.6 Å². The molecule has 1 aliphatic rings. The average Bonchev–Trinajstić information content (AvgIpc) is 2.50. The quantitative estimate of drug-likeness (QED) is 0.753. The highest BCUT2D eigenvalue weighted by Crippen LogP contribution is 2.35. The molecular weight excluding hydrogens is 300 g/mol. The SMILES string of the molecule is COCCNCCNC(=O)C1(C)CCc2ccccc2C1.Cl. The fourth-order valence-corrected chi connectivity index (χ4v) is 2.86. The molecule has 1 atom stereocenters. The smallest absolute Gasteiger partial charge is 0.226 e. The Morgan fingerprint density at radius 3 is 2.68 bits per heavy atom. The number of amides is 1. The van der Waals surface area contributed by atoms with Gasteiger partial charge in [-0.15, -0.1) is 12.4 Å². The van der Waals surface area contributed by atoms with Crippen LogP contribution in [-0.4, -0.2) is 39.3 Å². The Bertz CT molecular complexity index is 481. The minimum Gasteiger partial charge on any atom is -0.383 e. The largest absolute Gasteiger partial charge is 0.383 e. The molecule has 0 saturated carbocycles. The molecule has 1 aromatic rings. The van der Waals surface area contributed by atoms with Gasteiger partial charge in [0.25, 0.3) is 0 Å². The van der Waals surface area contributed by atoms with Gasteiger partial charge in [0.15, 0.2) is 0 Å². The second-order valence-electron chi connectivity index (χ2n) is 6.00. The van der Waals surface area contributed by atoms with Crippen molar-refractivity contribution in [3.05, 3.63) is 35.4 Å². The van der Waals surface area contributed by atoms with E-state index in [4.69, 9.17) is 4.74 Å². The molecule has 0 aliphatic heterocycles. The van der Waals surface area contributed by atoms with Gasteiger partial charge in [-0.1, -0.05) is 31.2 Å². The number of rotatable bonds is 7. The van der Waals surface area contributed by atoms with Crippen molar-refractivity contribution < 1.29 is 9.53 Å². The zero-order valence-corrected chi connectivity index (χ0v) is 14.3. The Morgan fingerprint density at radius 1 is 1.23 bits per heavy atom. The summed E-state index contributed by atoms with van der Waals surface area (Å²) in [5.41, 5.74) is 2.43. The van der Waals surface area contributed by atoms with E-state index in [2.05, 4.69) is 41.8 Å². The molecule has 1 aliphatic carbocycles. The average molecular weight is 327 g/mol. The molecule has 0 spiro atoms. The normalized spacial score (nSPS) is 19.9. The first kappa shape index (κ1) is 18.9. The maximum absolute atomic E-state index is 12.5. The molecule has 0 bridgehead atoms. The number of hydrogen-bond acceptors (Lipinski definition) is 3. The molecule has 0 fully saturated rings. The molecular formula is C17H27ClN2O2. The van der Waals surface area contributed by atoms with Crippen molar-refractivity contribution in [3.8, 4) is 0 Å². The summed E-state index contributed by atoms with van der Waals surface area (Å²) in [6.45, 7) is 5.04. The first-order valence-electron chi connectivity index (χ1n) is 7.70. The Labute approximate surface area is 139 Å². The molecule has 1 amide bonds. The van der Waals surface area contributed by atoms with Crippen molar-refractivity contribution in [2.75, 3.05) is 33.4 Å². The fourth-order valence-electron chi connectivity index (χ4n) is 2.86. The van der Waals surface area contributed by atoms with Crippen LogP contribution in [-0.2, 0) is 22.4 Å². The van der Waals surface area contributed by atoms with Crippen LogP contribution in [0.2, 0.25) is 0 Å². The van der Waals surface area contributed by atoms with Crippen molar-refractivity contribution in [2.24, 2.45) is 5.41 Å². The van der Waals surface area contributed by atoms with E-state index < -0.39 is 0 Å². The highest BCUT2D eigenvalue weighted by molar-refractivity contribution is 5.85. The number of methoxy groups -OCH3 is 1. The first-order valence-corrected chi connectivity index (χ1v) is 7.70. The van der Waals surface area contributed by atoms with E-state index >= 15 is 0 Å². The summed E-state index contributed by atoms with van der Waals surface area (Å²) in [5, 5.41) is 6.29. The van der Waals surface area contributed by atoms with Crippen LogP contribution >= 0.6 is 12.4 Å². The van der Waals surface area contributed by atoms with Gasteiger partial charge in [-0.25, -0.2) is 0 Å². The van der Waals surface area contributed by atoms with Crippen LogP contribution in [0.25, 0.3) is 0 Å². The summed E-state index contributed by atoms with van der Waals surface area (Å²) < 4.78 is 4.96. The lowest BCUT2D eigenvalue weighted by atomic mass is 9.72. The second kappa shape index (κ2) is 9.13. The number of ether oxygens (including phenoxy) is 1. The van der Waals surface area contributed by atoms with Crippen LogP contribution in [0, 0.1) is 5.41 Å². The van der Waals surface area contributed by atoms with E-state index in [0.29, 0.717) is 13.2 Å². The lowest BCUT2D eigenvalue weighted by molar-refractivity contribution is -0.130. The number of nitrogens with one attached hydrogen (secondary N) is 2. The Kier molecular flexibility index (Phi) is 7.87. The minimum atomic E-state index is -0.277. The van der Waals surface area contributed by atoms with Gasteiger partial charge in [-0.2, -0.15) is 0 Å². The maximum Gasteiger partial charge on any atom is 0.226 e. The maximum atomic E-state index is 12.5. The molecule has 4 nitrogen and oxygen atoms in total. The molecule has 0 aromatic heterocycles. The van der Waals surface area contributed by atoms with Crippen LogP contribution in [0.15, 0.2) is 24.3 Å². The minimum absolute atomic E-state index is 0. The van der Waals surface area contributed by atoms with E-state index in [-0.39, 0.29) is 23.7 Å². The number of hydrogen-bond donors (Lipinski definition) is 2. The molecule has 5 heteroatoms. The standard InChI is InChI=1S/C17H26N2O2.ClH/c1-17(16(20)19-10-9-18-11-12-21-2)8-7-14-5-3-4-6-15(14)13-17;/h3-6,18H,7-13H2,1-2H3,(H,19,20);1H. The van der Waals surface area contributed by atoms with Gasteiger partial charge in [-0.3, -0.25) is 4.79 Å². The third-order valence-electron chi connectivity index (χ3n) is 4.26. The number of halogens is 1. The van der Waals surface area contributed by atoms with Crippen LogP contribution in [0.4, 0.5) is 0 Å². The molecule has 22 heavy (non-hydrogen) atoms. The lowest BCUT2D eigenvalue weighted by Crippen LogP contribution is -2.44. The third kappa shape index (κ3) is 4.97. The van der Waals surface area contributed by atoms with Crippen LogP contribution in [0.5, 0.6) is 0 Å². The zero-order valence-electron chi connectivity index (χ0n) is 13.5. The molecule has 0 radical (unpaired) electrons. The summed E-state index contributed by atoms with van der Waals surface area (Å²) in [6.07, 6.45) is 2.76. The number of aryl methyl sites for hydroxylation is 1. The highest BCUT2D eigenvalue weighted by Gasteiger charge is 2.36. The monoisotopic (exact) mass is 326 g/mol. The third-order valence-corrected chi connectivity index (χ3v) is 4.26. The van der Waals surface area contributed by atoms with Crippen molar-refractivity contribution in [1.82, 2.24) is 10.6 Å². The molecule has 1 aromatic carbocycles. The van der Waals surface area contributed by atoms with Gasteiger partial charge in [0.2, 0.25) is 5.91 Å². The lowest BCUT2D eigenvalue weighted by Gasteiger charge is -2.33. The summed E-state index contributed by atoms with van der Waals surface area (Å²) in [5.74, 6) is 0.172. The molecule has 2 rings (SSSR count). The van der Waals surface area contributed by atoms with E-state index in [1.165, 1.54) is 11.1 Å². The number of carbonyl (C=O) groups is 1. The van der Waals surface area contributed by atoms with Gasteiger partial charge < -0.3 is 15.4 Å². The van der Waals surface area contributed by atoms with Crippen LogP contribution in [0.3, 0.4) is 0 Å². The van der Waals surface area contributed by atoms with Gasteiger partial charge >= 0.3 is 0 Å². The van der Waals surface area contributed by atoms with Gasteiger partial charge in [-0.05, 0) is 30.4 Å². The van der Waals surface area contributed by atoms with E-state index in [0.717, 1.165) is 32.4 Å². The van der Waals surface area contributed by atoms with E-state index in [1.807, 2.05) is 0 Å². The Morgan fingerprint density at radius 2 is 1.95 bits per heavy atom.